The molecule has 0 spiro atoms. The maximum absolute atomic E-state index is 13.6. The van der Waals surface area contributed by atoms with Crippen LogP contribution in [-0.4, -0.2) is 40.4 Å². The number of nitrogens with two attached hydrogens (primary N) is 1. The molecule has 0 saturated carbocycles. The van der Waals surface area contributed by atoms with E-state index in [1.54, 1.807) is 39.8 Å². The molecule has 2 amide bonds. The van der Waals surface area contributed by atoms with Crippen molar-refractivity contribution >= 4 is 38.4 Å². The zero-order valence-electron chi connectivity index (χ0n) is 17.7. The molecule has 4 aromatic rings. The van der Waals surface area contributed by atoms with Crippen LogP contribution in [0.5, 0.6) is 0 Å². The molecule has 2 aromatic heterocycles. The Morgan fingerprint density at radius 3 is 2.33 bits per heavy atom. The Labute approximate surface area is 194 Å². The zero-order chi connectivity index (χ0) is 22.9. The molecule has 1 atom stereocenters. The average molecular weight is 459 g/mol. The van der Waals surface area contributed by atoms with Crippen LogP contribution in [0.15, 0.2) is 77.6 Å². The van der Waals surface area contributed by atoms with Crippen LogP contribution in [0.2, 0.25) is 0 Å². The summed E-state index contributed by atoms with van der Waals surface area (Å²) >= 11 is 1.22. The minimum atomic E-state index is -0.301. The van der Waals surface area contributed by atoms with Crippen molar-refractivity contribution in [3.8, 4) is 5.69 Å². The first-order valence-corrected chi connectivity index (χ1v) is 11.5. The Bertz CT molecular complexity index is 1400. The largest absolute Gasteiger partial charge is 0.326 e. The number of fused-ring (bicyclic) bond motifs is 1. The Morgan fingerprint density at radius 2 is 1.67 bits per heavy atom. The molecule has 0 unspecified atom stereocenters. The molecule has 5 rings (SSSR count). The van der Waals surface area contributed by atoms with Gasteiger partial charge in [0.1, 0.15) is 9.83 Å². The number of benzene rings is 2. The van der Waals surface area contributed by atoms with Crippen molar-refractivity contribution in [3.05, 3.63) is 94.3 Å². The van der Waals surface area contributed by atoms with Crippen LogP contribution in [0, 0.1) is 0 Å². The van der Waals surface area contributed by atoms with E-state index in [0.717, 1.165) is 6.42 Å². The van der Waals surface area contributed by atoms with Gasteiger partial charge in [-0.3, -0.25) is 19.5 Å². The van der Waals surface area contributed by atoms with E-state index in [-0.39, 0.29) is 23.4 Å². The number of urea groups is 1. The van der Waals surface area contributed by atoms with Gasteiger partial charge in [-0.1, -0.05) is 59.9 Å². The first-order valence-electron chi connectivity index (χ1n) is 10.7. The summed E-state index contributed by atoms with van der Waals surface area (Å²) in [5.41, 5.74) is 7.33. The van der Waals surface area contributed by atoms with Gasteiger partial charge < -0.3 is 10.6 Å². The molecular weight excluding hydrogens is 436 g/mol. The van der Waals surface area contributed by atoms with Gasteiger partial charge in [-0.15, -0.1) is 0 Å². The van der Waals surface area contributed by atoms with E-state index in [0.29, 0.717) is 45.1 Å². The van der Waals surface area contributed by atoms with Gasteiger partial charge in [0.15, 0.2) is 5.78 Å². The van der Waals surface area contributed by atoms with Crippen LogP contribution >= 0.6 is 11.3 Å². The number of nitrogens with zero attached hydrogens (tertiary/aromatic N) is 2. The fourth-order valence-corrected chi connectivity index (χ4v) is 5.30. The zero-order valence-corrected chi connectivity index (χ0v) is 18.5. The van der Waals surface area contributed by atoms with E-state index in [2.05, 4.69) is 5.32 Å². The minimum absolute atomic E-state index is 0.0492. The van der Waals surface area contributed by atoms with Crippen molar-refractivity contribution < 1.29 is 9.59 Å². The number of ketones is 1. The van der Waals surface area contributed by atoms with Gasteiger partial charge in [0, 0.05) is 36.1 Å². The number of amides is 2. The summed E-state index contributed by atoms with van der Waals surface area (Å²) in [6.45, 7) is 1.03. The number of aromatic nitrogens is 1. The number of hydrogen-bond donors (Lipinski definition) is 2. The third kappa shape index (κ3) is 3.94. The lowest BCUT2D eigenvalue weighted by atomic mass is 10.0. The fraction of sp³-hybridized carbons (Fsp3) is 0.160. The second-order valence-corrected chi connectivity index (χ2v) is 8.99. The van der Waals surface area contributed by atoms with E-state index in [4.69, 9.17) is 5.73 Å². The van der Waals surface area contributed by atoms with Crippen LogP contribution in [0.25, 0.3) is 15.9 Å². The van der Waals surface area contributed by atoms with Gasteiger partial charge >= 0.3 is 6.03 Å². The maximum Gasteiger partial charge on any atom is 0.322 e. The molecule has 1 aliphatic heterocycles. The molecule has 7 nitrogen and oxygen atoms in total. The van der Waals surface area contributed by atoms with Crippen molar-refractivity contribution in [2.75, 3.05) is 18.4 Å². The first-order chi connectivity index (χ1) is 16.0. The predicted octanol–water partition coefficient (Wildman–Crippen LogP) is 3.85. The lowest BCUT2D eigenvalue weighted by Crippen LogP contribution is -2.35. The molecule has 1 aliphatic rings. The van der Waals surface area contributed by atoms with Gasteiger partial charge in [0.25, 0.3) is 5.56 Å². The number of carbonyl (C=O) groups excluding carboxylic acids is 2. The highest BCUT2D eigenvalue weighted by Gasteiger charge is 2.28. The molecule has 1 fully saturated rings. The van der Waals surface area contributed by atoms with Crippen LogP contribution in [0.3, 0.4) is 0 Å². The van der Waals surface area contributed by atoms with Gasteiger partial charge in [0.2, 0.25) is 0 Å². The number of carbonyl (C=O) groups is 2. The number of thiophene rings is 1. The number of para-hydroxylation sites is 1. The summed E-state index contributed by atoms with van der Waals surface area (Å²) in [7, 11) is 0. The smallest absolute Gasteiger partial charge is 0.322 e. The van der Waals surface area contributed by atoms with E-state index in [1.807, 2.05) is 36.4 Å². The van der Waals surface area contributed by atoms with Crippen LogP contribution in [0.4, 0.5) is 9.80 Å². The number of hydrogen-bond acceptors (Lipinski definition) is 5. The molecule has 3 N–H and O–H groups in total. The second kappa shape index (κ2) is 8.65. The fourth-order valence-electron chi connectivity index (χ4n) is 4.10. The summed E-state index contributed by atoms with van der Waals surface area (Å²) in [5, 5.41) is 3.96. The van der Waals surface area contributed by atoms with E-state index < -0.39 is 0 Å². The standard InChI is InChI=1S/C25H22N4O3S/c26-17-13-14-28(15-17)25(32)27-23-21(22(31)16-7-3-1-4-8-16)19-11-12-20(30)29(24(19)33-23)18-9-5-2-6-10-18/h1-12,17H,13-15,26H2,(H,27,32)/t17-/m0/s1. The average Bonchev–Trinajstić information content (AvgIpc) is 3.43. The minimum Gasteiger partial charge on any atom is -0.326 e. The first kappa shape index (κ1) is 21.1. The monoisotopic (exact) mass is 458 g/mol. The molecule has 33 heavy (non-hydrogen) atoms. The number of nitrogens with one attached hydrogen (secondary N) is 1. The normalized spacial score (nSPS) is 15.7. The predicted molar refractivity (Wildman–Crippen MR) is 130 cm³/mol. The van der Waals surface area contributed by atoms with Crippen molar-refractivity contribution in [3.63, 3.8) is 0 Å². The Kier molecular flexibility index (Phi) is 5.53. The molecular formula is C25H22N4O3S. The highest BCUT2D eigenvalue weighted by Crippen LogP contribution is 2.37. The number of anilines is 1. The molecule has 1 saturated heterocycles. The number of rotatable bonds is 4. The molecule has 0 radical (unpaired) electrons. The molecule has 0 bridgehead atoms. The van der Waals surface area contributed by atoms with Crippen molar-refractivity contribution in [2.24, 2.45) is 5.73 Å². The van der Waals surface area contributed by atoms with E-state index >= 15 is 0 Å². The molecule has 8 heteroatoms. The topological polar surface area (TPSA) is 97.4 Å². The van der Waals surface area contributed by atoms with E-state index in [9.17, 15) is 14.4 Å². The quantitative estimate of drug-likeness (QED) is 0.454. The summed E-state index contributed by atoms with van der Waals surface area (Å²) in [6.07, 6.45) is 0.739. The van der Waals surface area contributed by atoms with Crippen molar-refractivity contribution in [2.45, 2.75) is 12.5 Å². The third-order valence-corrected chi connectivity index (χ3v) is 6.86. The van der Waals surface area contributed by atoms with E-state index in [1.165, 1.54) is 17.4 Å². The van der Waals surface area contributed by atoms with Gasteiger partial charge in [-0.05, 0) is 24.6 Å². The summed E-state index contributed by atoms with van der Waals surface area (Å²) < 4.78 is 1.57. The number of pyridine rings is 1. The summed E-state index contributed by atoms with van der Waals surface area (Å²) in [5.74, 6) is -0.214. The highest BCUT2D eigenvalue weighted by atomic mass is 32.1. The van der Waals surface area contributed by atoms with Gasteiger partial charge in [-0.2, -0.15) is 0 Å². The summed E-state index contributed by atoms with van der Waals surface area (Å²) in [6, 6.07) is 20.9. The van der Waals surface area contributed by atoms with Crippen molar-refractivity contribution in [1.29, 1.82) is 0 Å². The Balaban J connectivity index is 1.68. The van der Waals surface area contributed by atoms with Crippen molar-refractivity contribution in [1.82, 2.24) is 9.47 Å². The Hall–Kier alpha value is -3.75. The summed E-state index contributed by atoms with van der Waals surface area (Å²) in [4.78, 5) is 41.6. The molecule has 2 aromatic carbocycles. The van der Waals surface area contributed by atoms with Crippen LogP contribution in [-0.2, 0) is 0 Å². The SMILES string of the molecule is N[C@H]1CCN(C(=O)Nc2sc3c(ccc(=O)n3-c3ccccc3)c2C(=O)c2ccccc2)C1. The number of likely N-dealkylation sites (tertiary alicyclic amines) is 1. The highest BCUT2D eigenvalue weighted by molar-refractivity contribution is 7.23. The molecule has 166 valence electrons. The maximum atomic E-state index is 13.6. The van der Waals surface area contributed by atoms with Crippen LogP contribution < -0.4 is 16.6 Å². The van der Waals surface area contributed by atoms with Crippen LogP contribution in [0.1, 0.15) is 22.3 Å². The molecule has 0 aliphatic carbocycles. The lowest BCUT2D eigenvalue weighted by Gasteiger charge is -2.16. The lowest BCUT2D eigenvalue weighted by molar-refractivity contribution is 0.104. The van der Waals surface area contributed by atoms with Gasteiger partial charge in [-0.25, -0.2) is 4.79 Å². The molecule has 3 heterocycles. The Morgan fingerprint density at radius 1 is 0.970 bits per heavy atom. The third-order valence-electron chi connectivity index (χ3n) is 5.75. The van der Waals surface area contributed by atoms with Gasteiger partial charge in [0.05, 0.1) is 11.3 Å². The second-order valence-electron chi connectivity index (χ2n) is 7.99.